The zero-order chi connectivity index (χ0) is 17.7. The van der Waals surface area contributed by atoms with Gasteiger partial charge in [-0.05, 0) is 39.0 Å². The minimum Gasteiger partial charge on any atom is -0.457 e. The van der Waals surface area contributed by atoms with Gasteiger partial charge in [-0.15, -0.1) is 0 Å². The van der Waals surface area contributed by atoms with E-state index in [0.717, 1.165) is 0 Å². The van der Waals surface area contributed by atoms with Crippen molar-refractivity contribution in [2.24, 2.45) is 0 Å². The molecule has 0 radical (unpaired) electrons. The number of anilines is 2. The lowest BCUT2D eigenvalue weighted by Gasteiger charge is -2.19. The molecule has 2 aromatic rings. The Bertz CT molecular complexity index is 729. The fourth-order valence-corrected chi connectivity index (χ4v) is 1.82. The number of benzene rings is 1. The topological polar surface area (TPSA) is 72.5 Å². The van der Waals surface area contributed by atoms with Gasteiger partial charge in [0.15, 0.2) is 5.82 Å². The van der Waals surface area contributed by atoms with E-state index in [-0.39, 0.29) is 5.69 Å². The Balaban J connectivity index is 2.07. The molecule has 0 unspecified atom stereocenters. The lowest BCUT2D eigenvalue weighted by molar-refractivity contribution is 0.0635. The van der Waals surface area contributed by atoms with E-state index in [0.29, 0.717) is 17.3 Å². The van der Waals surface area contributed by atoms with Crippen LogP contribution in [-0.2, 0) is 4.74 Å². The third-order valence-corrected chi connectivity index (χ3v) is 2.80. The molecule has 128 valence electrons. The summed E-state index contributed by atoms with van der Waals surface area (Å²) in [4.78, 5) is 15.7. The normalized spacial score (nSPS) is 10.9. The third kappa shape index (κ3) is 5.12. The molecule has 1 aromatic heterocycles. The molecule has 2 N–H and O–H groups in total. The first-order chi connectivity index (χ1) is 11.3. The van der Waals surface area contributed by atoms with Crippen LogP contribution in [0.2, 0.25) is 0 Å². The van der Waals surface area contributed by atoms with Gasteiger partial charge in [0.25, 0.3) is 0 Å². The number of hydrogen-bond acceptors (Lipinski definition) is 5. The Kier molecular flexibility index (Phi) is 5.23. The van der Waals surface area contributed by atoms with Crippen LogP contribution >= 0.6 is 0 Å². The summed E-state index contributed by atoms with van der Waals surface area (Å²) in [5.41, 5.74) is -0.641. The summed E-state index contributed by atoms with van der Waals surface area (Å²) in [5.74, 6) is 0.828. The summed E-state index contributed by atoms with van der Waals surface area (Å²) in [6, 6.07) is 7.49. The highest BCUT2D eigenvalue weighted by atomic mass is 19.1. The Morgan fingerprint density at radius 2 is 1.88 bits per heavy atom. The number of ether oxygens (including phenoxy) is 2. The fourth-order valence-electron chi connectivity index (χ4n) is 1.82. The molecule has 6 nitrogen and oxygen atoms in total. The van der Waals surface area contributed by atoms with Gasteiger partial charge >= 0.3 is 6.09 Å². The largest absolute Gasteiger partial charge is 0.457 e. The zero-order valence-corrected chi connectivity index (χ0v) is 14.0. The van der Waals surface area contributed by atoms with Crippen LogP contribution in [-0.4, -0.2) is 23.7 Å². The molecule has 7 heteroatoms. The van der Waals surface area contributed by atoms with Crippen molar-refractivity contribution in [2.75, 3.05) is 17.7 Å². The Morgan fingerprint density at radius 3 is 2.50 bits per heavy atom. The molecule has 0 fully saturated rings. The number of hydrogen-bond donors (Lipinski definition) is 2. The van der Waals surface area contributed by atoms with Crippen molar-refractivity contribution in [2.45, 2.75) is 26.4 Å². The Labute approximate surface area is 140 Å². The highest BCUT2D eigenvalue weighted by Crippen LogP contribution is 2.26. The first-order valence-corrected chi connectivity index (χ1v) is 7.38. The van der Waals surface area contributed by atoms with Crippen LogP contribution < -0.4 is 15.4 Å². The SMILES string of the molecule is CNc1cc(Oc2ccc(NC(=O)OC(C)(C)C)c(F)c2)ccn1. The number of carbonyl (C=O) groups is 1. The van der Waals surface area contributed by atoms with Gasteiger partial charge in [-0.2, -0.15) is 0 Å². The predicted molar refractivity (Wildman–Crippen MR) is 90.1 cm³/mol. The average molecular weight is 333 g/mol. The van der Waals surface area contributed by atoms with Crippen molar-refractivity contribution in [1.29, 1.82) is 0 Å². The summed E-state index contributed by atoms with van der Waals surface area (Å²) >= 11 is 0. The number of halogens is 1. The van der Waals surface area contributed by atoms with Crippen molar-refractivity contribution < 1.29 is 18.7 Å². The number of aromatic nitrogens is 1. The van der Waals surface area contributed by atoms with Crippen LogP contribution in [0.3, 0.4) is 0 Å². The standard InChI is InChI=1S/C17H20FN3O3/c1-17(2,3)24-16(22)21-14-6-5-11(9-13(14)18)23-12-7-8-20-15(10-12)19-4/h5-10H,1-4H3,(H,19,20)(H,21,22). The lowest BCUT2D eigenvalue weighted by atomic mass is 10.2. The number of rotatable bonds is 4. The van der Waals surface area contributed by atoms with E-state index in [1.807, 2.05) is 0 Å². The number of carbonyl (C=O) groups excluding carboxylic acids is 1. The van der Waals surface area contributed by atoms with Crippen molar-refractivity contribution in [1.82, 2.24) is 4.98 Å². The highest BCUT2D eigenvalue weighted by molar-refractivity contribution is 5.85. The smallest absolute Gasteiger partial charge is 0.412 e. The highest BCUT2D eigenvalue weighted by Gasteiger charge is 2.17. The van der Waals surface area contributed by atoms with Crippen LogP contribution in [0, 0.1) is 5.82 Å². The van der Waals surface area contributed by atoms with Crippen LogP contribution in [0.5, 0.6) is 11.5 Å². The van der Waals surface area contributed by atoms with Gasteiger partial charge < -0.3 is 14.8 Å². The number of nitrogens with zero attached hydrogens (tertiary/aromatic N) is 1. The molecule has 2 rings (SSSR count). The van der Waals surface area contributed by atoms with Crippen molar-refractivity contribution in [3.63, 3.8) is 0 Å². The first kappa shape index (κ1) is 17.5. The average Bonchev–Trinajstić information content (AvgIpc) is 2.48. The first-order valence-electron chi connectivity index (χ1n) is 7.38. The lowest BCUT2D eigenvalue weighted by Crippen LogP contribution is -2.27. The molecule has 0 saturated heterocycles. The maximum Gasteiger partial charge on any atom is 0.412 e. The van der Waals surface area contributed by atoms with Crippen molar-refractivity contribution in [3.05, 3.63) is 42.3 Å². The Hall–Kier alpha value is -2.83. The molecule has 1 amide bonds. The van der Waals surface area contributed by atoms with E-state index in [1.54, 1.807) is 52.2 Å². The van der Waals surface area contributed by atoms with Gasteiger partial charge in [0.2, 0.25) is 0 Å². The van der Waals surface area contributed by atoms with E-state index in [4.69, 9.17) is 9.47 Å². The second-order valence-corrected chi connectivity index (χ2v) is 6.00. The van der Waals surface area contributed by atoms with Gasteiger partial charge in [-0.1, -0.05) is 0 Å². The summed E-state index contributed by atoms with van der Waals surface area (Å²) in [6.45, 7) is 5.19. The minimum atomic E-state index is -0.720. The van der Waals surface area contributed by atoms with Gasteiger partial charge in [0, 0.05) is 25.4 Å². The van der Waals surface area contributed by atoms with Crippen molar-refractivity contribution >= 4 is 17.6 Å². The Morgan fingerprint density at radius 1 is 1.17 bits per heavy atom. The number of pyridine rings is 1. The molecule has 0 bridgehead atoms. The predicted octanol–water partition coefficient (Wildman–Crippen LogP) is 4.40. The van der Waals surface area contributed by atoms with Crippen LogP contribution in [0.4, 0.5) is 20.7 Å². The van der Waals surface area contributed by atoms with Gasteiger partial charge in [-0.25, -0.2) is 14.2 Å². The molecular formula is C17H20FN3O3. The van der Waals surface area contributed by atoms with Gasteiger partial charge in [-0.3, -0.25) is 5.32 Å². The summed E-state index contributed by atoms with van der Waals surface area (Å²) in [7, 11) is 1.74. The molecule has 0 aliphatic heterocycles. The zero-order valence-electron chi connectivity index (χ0n) is 14.0. The van der Waals surface area contributed by atoms with Crippen LogP contribution in [0.25, 0.3) is 0 Å². The van der Waals surface area contributed by atoms with Gasteiger partial charge in [0.05, 0.1) is 5.69 Å². The maximum atomic E-state index is 14.1. The van der Waals surface area contributed by atoms with Gasteiger partial charge in [0.1, 0.15) is 22.9 Å². The molecule has 0 aliphatic carbocycles. The summed E-state index contributed by atoms with van der Waals surface area (Å²) < 4.78 is 24.8. The fraction of sp³-hybridized carbons (Fsp3) is 0.294. The van der Waals surface area contributed by atoms with Crippen LogP contribution in [0.15, 0.2) is 36.5 Å². The molecular weight excluding hydrogens is 313 g/mol. The van der Waals surface area contributed by atoms with E-state index in [2.05, 4.69) is 15.6 Å². The summed E-state index contributed by atoms with van der Waals surface area (Å²) in [6.07, 6.45) is 0.860. The van der Waals surface area contributed by atoms with E-state index >= 15 is 0 Å². The summed E-state index contributed by atoms with van der Waals surface area (Å²) in [5, 5.41) is 5.25. The quantitative estimate of drug-likeness (QED) is 0.867. The number of amides is 1. The molecule has 0 aliphatic rings. The molecule has 24 heavy (non-hydrogen) atoms. The monoisotopic (exact) mass is 333 g/mol. The van der Waals surface area contributed by atoms with Crippen molar-refractivity contribution in [3.8, 4) is 11.5 Å². The molecule has 1 heterocycles. The van der Waals surface area contributed by atoms with E-state index in [1.165, 1.54) is 12.1 Å². The molecule has 0 atom stereocenters. The molecule has 0 saturated carbocycles. The second kappa shape index (κ2) is 7.16. The maximum absolute atomic E-state index is 14.1. The molecule has 1 aromatic carbocycles. The molecule has 0 spiro atoms. The van der Waals surface area contributed by atoms with E-state index in [9.17, 15) is 9.18 Å². The van der Waals surface area contributed by atoms with E-state index < -0.39 is 17.5 Å². The second-order valence-electron chi connectivity index (χ2n) is 6.00. The third-order valence-electron chi connectivity index (χ3n) is 2.80. The number of nitrogens with one attached hydrogen (secondary N) is 2. The minimum absolute atomic E-state index is 0.0160. The van der Waals surface area contributed by atoms with Crippen LogP contribution in [0.1, 0.15) is 20.8 Å².